The topological polar surface area (TPSA) is 54.4 Å². The Bertz CT molecular complexity index is 189. The summed E-state index contributed by atoms with van der Waals surface area (Å²) in [5.74, 6) is -0.831. The number of aliphatic carboxylic acids is 1. The van der Waals surface area contributed by atoms with Gasteiger partial charge in [0.15, 0.2) is 0 Å². The molecule has 12 heavy (non-hydrogen) atoms. The van der Waals surface area contributed by atoms with E-state index < -0.39 is 25.3 Å². The molecule has 0 aromatic carbocycles. The fourth-order valence-corrected chi connectivity index (χ4v) is 4.28. The summed E-state index contributed by atoms with van der Waals surface area (Å²) in [7, 11) is 0. The molecule has 69 valence electrons. The number of hydrogen-bond acceptors (Lipinski definition) is 2. The average Bonchev–Trinajstić information content (AvgIpc) is 1.85. The van der Waals surface area contributed by atoms with Crippen LogP contribution in [0.25, 0.3) is 0 Å². The van der Waals surface area contributed by atoms with Crippen molar-refractivity contribution < 1.29 is 14.7 Å². The Kier molecular flexibility index (Phi) is 4.54. The van der Waals surface area contributed by atoms with Gasteiger partial charge in [-0.25, -0.2) is 0 Å². The Hall–Kier alpha value is -0.302. The van der Waals surface area contributed by atoms with E-state index in [0.717, 1.165) is 0 Å². The van der Waals surface area contributed by atoms with Gasteiger partial charge >= 0.3 is 77.0 Å². The number of carboxylic acids is 1. The second kappa shape index (κ2) is 4.66. The monoisotopic (exact) mass is 233 g/mol. The van der Waals surface area contributed by atoms with E-state index in [1.165, 1.54) is 0 Å². The van der Waals surface area contributed by atoms with Crippen molar-refractivity contribution >= 4 is 25.2 Å². The molecule has 1 N–H and O–H groups in total. The van der Waals surface area contributed by atoms with E-state index in [4.69, 9.17) is 5.11 Å². The molecule has 4 heteroatoms. The molecule has 3 nitrogen and oxygen atoms in total. The van der Waals surface area contributed by atoms with Gasteiger partial charge in [-0.05, 0) is 0 Å². The van der Waals surface area contributed by atoms with Gasteiger partial charge in [0, 0.05) is 0 Å². The van der Waals surface area contributed by atoms with Crippen LogP contribution in [0.3, 0.4) is 0 Å². The molecule has 0 aromatic heterocycles. The van der Waals surface area contributed by atoms with Crippen LogP contribution >= 0.6 is 0 Å². The molecule has 2 unspecified atom stereocenters. The Morgan fingerprint density at radius 3 is 1.92 bits per heavy atom. The molecular formula is C8H14AsO3. The van der Waals surface area contributed by atoms with Crippen LogP contribution in [0.1, 0.15) is 13.8 Å². The van der Waals surface area contributed by atoms with Crippen LogP contribution in [0.4, 0.5) is 0 Å². The number of carbonyl (C=O) groups is 2. The van der Waals surface area contributed by atoms with Crippen molar-refractivity contribution in [3.63, 3.8) is 0 Å². The third-order valence-corrected chi connectivity index (χ3v) is 6.81. The van der Waals surface area contributed by atoms with E-state index >= 15 is 0 Å². The SMILES string of the molecule is [CH2]C(=O)[As](C)C(C(=O)O)C(C)C. The summed E-state index contributed by atoms with van der Waals surface area (Å²) in [4.78, 5) is 21.6. The van der Waals surface area contributed by atoms with Gasteiger partial charge in [0.1, 0.15) is 0 Å². The third kappa shape index (κ3) is 2.98. The maximum absolute atomic E-state index is 10.9. The predicted molar refractivity (Wildman–Crippen MR) is 48.2 cm³/mol. The number of hydrogen-bond donors (Lipinski definition) is 1. The van der Waals surface area contributed by atoms with Gasteiger partial charge in [-0.2, -0.15) is 0 Å². The van der Waals surface area contributed by atoms with Crippen molar-refractivity contribution in [1.29, 1.82) is 0 Å². The Balaban J connectivity index is 4.51. The second-order valence-electron chi connectivity index (χ2n) is 3.03. The van der Waals surface area contributed by atoms with Crippen molar-refractivity contribution in [2.75, 3.05) is 0 Å². The first-order valence-corrected chi connectivity index (χ1v) is 7.59. The first kappa shape index (κ1) is 11.7. The second-order valence-corrected chi connectivity index (χ2v) is 7.81. The van der Waals surface area contributed by atoms with Crippen molar-refractivity contribution in [3.05, 3.63) is 6.92 Å². The van der Waals surface area contributed by atoms with Crippen molar-refractivity contribution in [2.24, 2.45) is 5.92 Å². The molecule has 0 saturated heterocycles. The molecule has 0 amide bonds. The molecule has 0 bridgehead atoms. The number of rotatable bonds is 4. The zero-order valence-electron chi connectivity index (χ0n) is 7.57. The predicted octanol–water partition coefficient (Wildman–Crippen LogP) is 1.16. The van der Waals surface area contributed by atoms with E-state index in [9.17, 15) is 9.59 Å². The fraction of sp³-hybridized carbons (Fsp3) is 0.625. The van der Waals surface area contributed by atoms with E-state index in [0.29, 0.717) is 0 Å². The summed E-state index contributed by atoms with van der Waals surface area (Å²) in [6.45, 7) is 6.94. The molecular weight excluding hydrogens is 219 g/mol. The first-order valence-electron chi connectivity index (χ1n) is 3.69. The van der Waals surface area contributed by atoms with Gasteiger partial charge in [-0.1, -0.05) is 0 Å². The summed E-state index contributed by atoms with van der Waals surface area (Å²) in [6, 6.07) is 0. The van der Waals surface area contributed by atoms with Gasteiger partial charge in [-0.15, -0.1) is 0 Å². The fourth-order valence-electron chi connectivity index (χ4n) is 1.05. The molecule has 0 spiro atoms. The van der Waals surface area contributed by atoms with Gasteiger partial charge in [0.2, 0.25) is 0 Å². The summed E-state index contributed by atoms with van der Waals surface area (Å²) >= 11 is -1.92. The zero-order chi connectivity index (χ0) is 9.89. The van der Waals surface area contributed by atoms with Crippen molar-refractivity contribution in [2.45, 2.75) is 24.3 Å². The van der Waals surface area contributed by atoms with Crippen LogP contribution in [-0.4, -0.2) is 30.3 Å². The minimum atomic E-state index is -1.92. The molecule has 2 atom stereocenters. The van der Waals surface area contributed by atoms with Crippen LogP contribution in [0, 0.1) is 12.8 Å². The summed E-state index contributed by atoms with van der Waals surface area (Å²) in [6.07, 6.45) is 0. The summed E-state index contributed by atoms with van der Waals surface area (Å²) in [5, 5.41) is 8.82. The molecule has 0 rings (SSSR count). The van der Waals surface area contributed by atoms with Gasteiger partial charge in [0.25, 0.3) is 0 Å². The van der Waals surface area contributed by atoms with Crippen molar-refractivity contribution in [1.82, 2.24) is 0 Å². The first-order chi connectivity index (χ1) is 5.37. The summed E-state index contributed by atoms with van der Waals surface area (Å²) in [5.41, 5.74) is 1.75. The van der Waals surface area contributed by atoms with E-state index in [1.807, 2.05) is 13.8 Å². The van der Waals surface area contributed by atoms with Crippen LogP contribution in [0.5, 0.6) is 0 Å². The van der Waals surface area contributed by atoms with Crippen LogP contribution in [-0.2, 0) is 9.59 Å². The molecule has 1 radical (unpaired) electrons. The minimum absolute atomic E-state index is 0.0261. The normalized spacial score (nSPS) is 15.8. The maximum atomic E-state index is 10.9. The molecule has 0 aliphatic heterocycles. The Morgan fingerprint density at radius 2 is 1.83 bits per heavy atom. The molecule has 0 heterocycles. The molecule has 0 fully saturated rings. The van der Waals surface area contributed by atoms with Crippen LogP contribution in [0.15, 0.2) is 0 Å². The molecule has 0 aromatic rings. The molecule has 0 aliphatic rings. The zero-order valence-corrected chi connectivity index (χ0v) is 9.45. The van der Waals surface area contributed by atoms with Crippen LogP contribution in [0.2, 0.25) is 10.4 Å². The Morgan fingerprint density at radius 1 is 1.42 bits per heavy atom. The third-order valence-electron chi connectivity index (χ3n) is 1.70. The van der Waals surface area contributed by atoms with Gasteiger partial charge in [0.05, 0.1) is 0 Å². The van der Waals surface area contributed by atoms with Gasteiger partial charge in [-0.3, -0.25) is 0 Å². The quantitative estimate of drug-likeness (QED) is 0.741. The van der Waals surface area contributed by atoms with E-state index in [2.05, 4.69) is 6.92 Å². The van der Waals surface area contributed by atoms with E-state index in [-0.39, 0.29) is 10.5 Å². The number of carbonyl (C=O) groups excluding carboxylic acids is 1. The standard InChI is InChI=1S/C8H14AsO3/c1-5(2)7(8(11)12)9(4)6(3)10/h5,7H,3H2,1-2,4H3,(H,11,12). The number of carboxylic acid groups (broad SMARTS) is 1. The van der Waals surface area contributed by atoms with Crippen LogP contribution < -0.4 is 0 Å². The Labute approximate surface area is 77.4 Å². The molecule has 0 saturated carbocycles. The summed E-state index contributed by atoms with van der Waals surface area (Å²) < 4.78 is -0.633. The van der Waals surface area contributed by atoms with E-state index in [1.54, 1.807) is 5.71 Å². The van der Waals surface area contributed by atoms with Gasteiger partial charge < -0.3 is 0 Å². The molecule has 0 aliphatic carbocycles. The van der Waals surface area contributed by atoms with Crippen molar-refractivity contribution in [3.8, 4) is 0 Å². The average molecular weight is 233 g/mol.